The van der Waals surface area contributed by atoms with Crippen LogP contribution in [0.1, 0.15) is 41.9 Å². The fourth-order valence-electron chi connectivity index (χ4n) is 3.97. The lowest BCUT2D eigenvalue weighted by Gasteiger charge is -2.20. The van der Waals surface area contributed by atoms with Crippen molar-refractivity contribution in [1.82, 2.24) is 13.9 Å². The lowest BCUT2D eigenvalue weighted by molar-refractivity contribution is 0.0457. The summed E-state index contributed by atoms with van der Waals surface area (Å²) in [6, 6.07) is 14.3. The minimum Gasteiger partial charge on any atom is -0.454 e. The van der Waals surface area contributed by atoms with E-state index >= 15 is 0 Å². The maximum atomic E-state index is 12.9. The number of aromatic nitrogens is 2. The van der Waals surface area contributed by atoms with Crippen LogP contribution >= 0.6 is 0 Å². The molecule has 9 nitrogen and oxygen atoms in total. The van der Waals surface area contributed by atoms with Crippen molar-refractivity contribution in [2.24, 2.45) is 0 Å². The third kappa shape index (κ3) is 4.85. The molecule has 4 rings (SSSR count). The summed E-state index contributed by atoms with van der Waals surface area (Å²) in [6.45, 7) is 0.450. The van der Waals surface area contributed by atoms with E-state index in [1.165, 1.54) is 33.1 Å². The van der Waals surface area contributed by atoms with Crippen LogP contribution in [0.25, 0.3) is 10.9 Å². The van der Waals surface area contributed by atoms with E-state index in [0.29, 0.717) is 24.0 Å². The molecule has 3 aromatic rings. The number of fused-ring (bicyclic) bond motifs is 1. The van der Waals surface area contributed by atoms with Crippen LogP contribution in [0.2, 0.25) is 0 Å². The Morgan fingerprint density at radius 1 is 1.03 bits per heavy atom. The molecule has 0 saturated carbocycles. The molecule has 0 atom stereocenters. The maximum absolute atomic E-state index is 12.9. The number of rotatable bonds is 6. The van der Waals surface area contributed by atoms with Gasteiger partial charge in [-0.2, -0.15) is 9.57 Å². The van der Waals surface area contributed by atoms with Gasteiger partial charge in [0.05, 0.1) is 27.4 Å². The molecule has 0 N–H and O–H groups in total. The second-order valence-electron chi connectivity index (χ2n) is 8.01. The summed E-state index contributed by atoms with van der Waals surface area (Å²) < 4.78 is 33.8. The van der Waals surface area contributed by atoms with Gasteiger partial charge in [-0.25, -0.2) is 18.2 Å². The Kier molecular flexibility index (Phi) is 7.05. The predicted molar refractivity (Wildman–Crippen MR) is 124 cm³/mol. The van der Waals surface area contributed by atoms with Crippen molar-refractivity contribution >= 4 is 26.9 Å². The molecule has 0 aliphatic carbocycles. The van der Waals surface area contributed by atoms with Gasteiger partial charge in [-0.3, -0.25) is 9.36 Å². The molecule has 0 spiro atoms. The normalized spacial score (nSPS) is 14.9. The number of sulfonamides is 1. The highest BCUT2D eigenvalue weighted by molar-refractivity contribution is 7.89. The highest BCUT2D eigenvalue weighted by atomic mass is 32.2. The van der Waals surface area contributed by atoms with Crippen molar-refractivity contribution in [3.63, 3.8) is 0 Å². The third-order valence-electron chi connectivity index (χ3n) is 5.79. The molecule has 0 amide bonds. The summed E-state index contributed by atoms with van der Waals surface area (Å²) in [5.41, 5.74) is 0.224. The molecule has 176 valence electrons. The van der Waals surface area contributed by atoms with Crippen molar-refractivity contribution in [2.75, 3.05) is 13.1 Å². The van der Waals surface area contributed by atoms with Gasteiger partial charge in [0.15, 0.2) is 5.82 Å². The summed E-state index contributed by atoms with van der Waals surface area (Å²) in [6.07, 6.45) is 3.71. The first-order chi connectivity index (χ1) is 16.4. The van der Waals surface area contributed by atoms with Crippen molar-refractivity contribution in [2.45, 2.75) is 43.7 Å². The zero-order chi connectivity index (χ0) is 24.1. The fourth-order valence-corrected chi connectivity index (χ4v) is 5.48. The summed E-state index contributed by atoms with van der Waals surface area (Å²) >= 11 is 0. The van der Waals surface area contributed by atoms with Crippen molar-refractivity contribution < 1.29 is 17.9 Å². The number of carbonyl (C=O) groups excluding carboxylic acids is 1. The minimum atomic E-state index is -3.62. The van der Waals surface area contributed by atoms with E-state index in [1.54, 1.807) is 24.3 Å². The number of hydrogen-bond acceptors (Lipinski definition) is 7. The number of ether oxygens (including phenoxy) is 1. The van der Waals surface area contributed by atoms with Crippen LogP contribution in [0.4, 0.5) is 0 Å². The highest BCUT2D eigenvalue weighted by Crippen LogP contribution is 2.21. The number of para-hydroxylation sites is 1. The van der Waals surface area contributed by atoms with E-state index < -0.39 is 16.0 Å². The molecule has 1 fully saturated rings. The van der Waals surface area contributed by atoms with E-state index in [9.17, 15) is 18.0 Å². The first-order valence-electron chi connectivity index (χ1n) is 11.0. The summed E-state index contributed by atoms with van der Waals surface area (Å²) in [7, 11) is -3.62. The van der Waals surface area contributed by atoms with Crippen LogP contribution in [0.15, 0.2) is 58.2 Å². The maximum Gasteiger partial charge on any atom is 0.338 e. The van der Waals surface area contributed by atoms with Crippen LogP contribution in [0, 0.1) is 11.3 Å². The molecular weight excluding hydrogens is 456 g/mol. The summed E-state index contributed by atoms with van der Waals surface area (Å²) in [5.74, 6) is -0.538. The average molecular weight is 481 g/mol. The quantitative estimate of drug-likeness (QED) is 0.497. The summed E-state index contributed by atoms with van der Waals surface area (Å²) in [4.78, 5) is 29.8. The van der Waals surface area contributed by atoms with E-state index in [2.05, 4.69) is 4.98 Å². The van der Waals surface area contributed by atoms with E-state index in [4.69, 9.17) is 10.00 Å². The first-order valence-corrected chi connectivity index (χ1v) is 12.5. The molecule has 1 aliphatic heterocycles. The van der Waals surface area contributed by atoms with Crippen LogP contribution in [0.3, 0.4) is 0 Å². The SMILES string of the molecule is N#CCn1c(COC(=O)c2ccc(S(=O)(=O)N3CCCCCC3)cc2)nc2ccccc2c1=O. The average Bonchev–Trinajstić information content (AvgIpc) is 3.15. The lowest BCUT2D eigenvalue weighted by atomic mass is 10.2. The topological polar surface area (TPSA) is 122 Å². The zero-order valence-corrected chi connectivity index (χ0v) is 19.3. The molecule has 1 aliphatic rings. The standard InChI is InChI=1S/C24H24N4O5S/c25-13-16-28-22(26-21-8-4-3-7-20(21)23(28)29)17-33-24(30)18-9-11-19(12-10-18)34(31,32)27-14-5-1-2-6-15-27/h3-4,7-12H,1-2,5-6,14-17H2. The van der Waals surface area contributed by atoms with Gasteiger partial charge in [0, 0.05) is 13.1 Å². The Bertz CT molecular complexity index is 1400. The second kappa shape index (κ2) is 10.2. The molecule has 0 bridgehead atoms. The molecule has 2 heterocycles. The van der Waals surface area contributed by atoms with Crippen molar-refractivity contribution in [3.8, 4) is 6.07 Å². The summed E-state index contributed by atoms with van der Waals surface area (Å²) in [5, 5.41) is 9.47. The van der Waals surface area contributed by atoms with E-state index in [0.717, 1.165) is 25.7 Å². The smallest absolute Gasteiger partial charge is 0.338 e. The molecule has 1 aromatic heterocycles. The van der Waals surface area contributed by atoms with Gasteiger partial charge in [-0.1, -0.05) is 25.0 Å². The monoisotopic (exact) mass is 480 g/mol. The van der Waals surface area contributed by atoms with Gasteiger partial charge in [0.25, 0.3) is 5.56 Å². The Morgan fingerprint density at radius 2 is 1.71 bits per heavy atom. The van der Waals surface area contributed by atoms with Gasteiger partial charge in [-0.15, -0.1) is 0 Å². The molecule has 0 radical (unpaired) electrons. The molecule has 0 unspecified atom stereocenters. The van der Waals surface area contributed by atoms with Gasteiger partial charge in [0.2, 0.25) is 10.0 Å². The van der Waals surface area contributed by atoms with Gasteiger partial charge < -0.3 is 4.74 Å². The Labute approximate surface area is 197 Å². The Morgan fingerprint density at radius 3 is 2.38 bits per heavy atom. The minimum absolute atomic E-state index is 0.130. The van der Waals surface area contributed by atoms with Crippen molar-refractivity contribution in [3.05, 3.63) is 70.3 Å². The number of nitriles is 1. The fraction of sp³-hybridized carbons (Fsp3) is 0.333. The number of esters is 1. The Hall–Kier alpha value is -3.55. The number of nitrogens with zero attached hydrogens (tertiary/aromatic N) is 4. The molecule has 10 heteroatoms. The van der Waals surface area contributed by atoms with Crippen molar-refractivity contribution in [1.29, 1.82) is 5.26 Å². The molecule has 2 aromatic carbocycles. The van der Waals surface area contributed by atoms with Gasteiger partial charge in [0.1, 0.15) is 13.2 Å². The lowest BCUT2D eigenvalue weighted by Crippen LogP contribution is -2.31. The zero-order valence-electron chi connectivity index (χ0n) is 18.5. The van der Waals surface area contributed by atoms with E-state index in [-0.39, 0.29) is 35.0 Å². The van der Waals surface area contributed by atoms with Gasteiger partial charge in [-0.05, 0) is 49.2 Å². The van der Waals surface area contributed by atoms with Crippen LogP contribution in [-0.2, 0) is 27.9 Å². The largest absolute Gasteiger partial charge is 0.454 e. The van der Waals surface area contributed by atoms with E-state index in [1.807, 2.05) is 6.07 Å². The third-order valence-corrected chi connectivity index (χ3v) is 7.71. The molecule has 34 heavy (non-hydrogen) atoms. The van der Waals surface area contributed by atoms with Crippen LogP contribution < -0.4 is 5.56 Å². The predicted octanol–water partition coefficient (Wildman–Crippen LogP) is 2.84. The second-order valence-corrected chi connectivity index (χ2v) is 9.95. The Balaban J connectivity index is 1.51. The van der Waals surface area contributed by atoms with Crippen LogP contribution in [-0.4, -0.2) is 41.3 Å². The molecule has 1 saturated heterocycles. The van der Waals surface area contributed by atoms with Gasteiger partial charge >= 0.3 is 5.97 Å². The van der Waals surface area contributed by atoms with Crippen LogP contribution in [0.5, 0.6) is 0 Å². The number of carbonyl (C=O) groups is 1. The highest BCUT2D eigenvalue weighted by Gasteiger charge is 2.25. The molecular formula is C24H24N4O5S. The number of hydrogen-bond donors (Lipinski definition) is 0. The number of benzene rings is 2. The first kappa shape index (κ1) is 23.6.